The Morgan fingerprint density at radius 1 is 1.17 bits per heavy atom. The average Bonchev–Trinajstić information content (AvgIpc) is 2.93. The summed E-state index contributed by atoms with van der Waals surface area (Å²) in [6.07, 6.45) is 1.54. The van der Waals surface area contributed by atoms with Crippen LogP contribution in [0, 0.1) is 13.8 Å². The topological polar surface area (TPSA) is 59.8 Å². The molecule has 0 aliphatic heterocycles. The second kappa shape index (κ2) is 6.22. The third-order valence-electron chi connectivity index (χ3n) is 3.45. The first-order valence-electron chi connectivity index (χ1n) is 7.10. The number of aromatic nitrogens is 3. The molecule has 1 amide bonds. The van der Waals surface area contributed by atoms with Gasteiger partial charge in [0.25, 0.3) is 5.91 Å². The number of pyridine rings is 1. The molecule has 0 unspecified atom stereocenters. The van der Waals surface area contributed by atoms with E-state index in [-0.39, 0.29) is 5.91 Å². The molecule has 0 spiro atoms. The van der Waals surface area contributed by atoms with E-state index in [4.69, 9.17) is 11.6 Å². The Bertz CT molecular complexity index is 858. The van der Waals surface area contributed by atoms with Crippen LogP contribution in [-0.2, 0) is 0 Å². The van der Waals surface area contributed by atoms with Crippen molar-refractivity contribution >= 4 is 23.2 Å². The normalized spacial score (nSPS) is 10.6. The maximum Gasteiger partial charge on any atom is 0.276 e. The van der Waals surface area contributed by atoms with Gasteiger partial charge >= 0.3 is 0 Å². The van der Waals surface area contributed by atoms with Crippen LogP contribution in [-0.4, -0.2) is 20.7 Å². The van der Waals surface area contributed by atoms with Crippen LogP contribution in [0.5, 0.6) is 0 Å². The van der Waals surface area contributed by atoms with E-state index in [0.717, 1.165) is 16.9 Å². The third kappa shape index (κ3) is 3.24. The zero-order valence-corrected chi connectivity index (χ0v) is 13.5. The summed E-state index contributed by atoms with van der Waals surface area (Å²) in [6.45, 7) is 3.77. The van der Waals surface area contributed by atoms with Crippen molar-refractivity contribution in [1.29, 1.82) is 0 Å². The van der Waals surface area contributed by atoms with Crippen molar-refractivity contribution < 1.29 is 4.79 Å². The number of nitrogens with one attached hydrogen (secondary N) is 1. The van der Waals surface area contributed by atoms with E-state index in [2.05, 4.69) is 15.4 Å². The van der Waals surface area contributed by atoms with Crippen molar-refractivity contribution in [3.8, 4) is 5.69 Å². The fourth-order valence-corrected chi connectivity index (χ4v) is 2.47. The first-order valence-corrected chi connectivity index (χ1v) is 7.48. The van der Waals surface area contributed by atoms with Gasteiger partial charge in [-0.05, 0) is 43.7 Å². The number of hydrogen-bond donors (Lipinski definition) is 1. The summed E-state index contributed by atoms with van der Waals surface area (Å²) < 4.78 is 1.74. The molecule has 5 nitrogen and oxygen atoms in total. The van der Waals surface area contributed by atoms with Gasteiger partial charge in [-0.25, -0.2) is 9.67 Å². The molecule has 0 radical (unpaired) electrons. The summed E-state index contributed by atoms with van der Waals surface area (Å²) in [5, 5.41) is 7.58. The van der Waals surface area contributed by atoms with Gasteiger partial charge in [0.2, 0.25) is 0 Å². The number of anilines is 1. The van der Waals surface area contributed by atoms with E-state index in [1.54, 1.807) is 16.8 Å². The lowest BCUT2D eigenvalue weighted by Gasteiger charge is -2.06. The highest BCUT2D eigenvalue weighted by Gasteiger charge is 2.14. The van der Waals surface area contributed by atoms with Crippen LogP contribution in [0.3, 0.4) is 0 Å². The van der Waals surface area contributed by atoms with Crippen molar-refractivity contribution in [3.05, 3.63) is 70.8 Å². The molecule has 1 N–H and O–H groups in total. The molecule has 0 saturated heterocycles. The minimum atomic E-state index is -0.282. The molecule has 0 saturated carbocycles. The monoisotopic (exact) mass is 326 g/mol. The van der Waals surface area contributed by atoms with E-state index in [1.807, 2.05) is 44.2 Å². The molecule has 3 aromatic rings. The number of carbonyl (C=O) groups is 1. The number of rotatable bonds is 3. The highest BCUT2D eigenvalue weighted by Crippen LogP contribution is 2.18. The molecule has 0 aliphatic carbocycles. The lowest BCUT2D eigenvalue weighted by molar-refractivity contribution is 0.102. The summed E-state index contributed by atoms with van der Waals surface area (Å²) in [6, 6.07) is 13.1. The van der Waals surface area contributed by atoms with Gasteiger partial charge in [0.1, 0.15) is 5.15 Å². The fraction of sp³-hybridized carbons (Fsp3) is 0.118. The second-order valence-electron chi connectivity index (χ2n) is 5.19. The van der Waals surface area contributed by atoms with Crippen LogP contribution in [0.4, 0.5) is 5.69 Å². The average molecular weight is 327 g/mol. The summed E-state index contributed by atoms with van der Waals surface area (Å²) in [7, 11) is 0. The SMILES string of the molecule is Cc1cc(Cl)ncc1NC(=O)c1cc(C)n(-c2ccccc2)n1. The Labute approximate surface area is 138 Å². The first kappa shape index (κ1) is 15.2. The third-order valence-corrected chi connectivity index (χ3v) is 3.65. The van der Waals surface area contributed by atoms with Gasteiger partial charge in [-0.2, -0.15) is 5.10 Å². The lowest BCUT2D eigenvalue weighted by atomic mass is 10.2. The molecule has 0 bridgehead atoms. The number of nitrogens with zero attached hydrogens (tertiary/aromatic N) is 3. The van der Waals surface area contributed by atoms with E-state index < -0.39 is 0 Å². The fourth-order valence-electron chi connectivity index (χ4n) is 2.25. The number of carbonyl (C=O) groups excluding carboxylic acids is 1. The molecule has 1 aromatic carbocycles. The van der Waals surface area contributed by atoms with Crippen molar-refractivity contribution in [2.24, 2.45) is 0 Å². The van der Waals surface area contributed by atoms with Crippen molar-refractivity contribution in [3.63, 3.8) is 0 Å². The van der Waals surface area contributed by atoms with Crippen molar-refractivity contribution in [2.75, 3.05) is 5.32 Å². The van der Waals surface area contributed by atoms with Gasteiger partial charge in [0.05, 0.1) is 17.6 Å². The van der Waals surface area contributed by atoms with Crippen LogP contribution in [0.2, 0.25) is 5.15 Å². The number of amides is 1. The Morgan fingerprint density at radius 2 is 1.91 bits per heavy atom. The molecule has 2 heterocycles. The largest absolute Gasteiger partial charge is 0.319 e. The van der Waals surface area contributed by atoms with Gasteiger partial charge in [-0.1, -0.05) is 29.8 Å². The highest BCUT2D eigenvalue weighted by atomic mass is 35.5. The molecule has 6 heteroatoms. The zero-order valence-electron chi connectivity index (χ0n) is 12.7. The molecule has 116 valence electrons. The maximum absolute atomic E-state index is 12.4. The van der Waals surface area contributed by atoms with Gasteiger partial charge in [0, 0.05) is 5.69 Å². The summed E-state index contributed by atoms with van der Waals surface area (Å²) in [4.78, 5) is 16.4. The maximum atomic E-state index is 12.4. The number of halogens is 1. The van der Waals surface area contributed by atoms with Gasteiger partial charge < -0.3 is 5.32 Å². The van der Waals surface area contributed by atoms with Crippen LogP contribution >= 0.6 is 11.6 Å². The van der Waals surface area contributed by atoms with Gasteiger partial charge in [-0.15, -0.1) is 0 Å². The summed E-state index contributed by atoms with van der Waals surface area (Å²) >= 11 is 5.82. The molecule has 23 heavy (non-hydrogen) atoms. The number of hydrogen-bond acceptors (Lipinski definition) is 3. The molecular weight excluding hydrogens is 312 g/mol. The zero-order chi connectivity index (χ0) is 16.4. The van der Waals surface area contributed by atoms with E-state index in [0.29, 0.717) is 16.5 Å². The van der Waals surface area contributed by atoms with Crippen LogP contribution < -0.4 is 5.32 Å². The number of aryl methyl sites for hydroxylation is 2. The van der Waals surface area contributed by atoms with E-state index >= 15 is 0 Å². The van der Waals surface area contributed by atoms with Crippen LogP contribution in [0.1, 0.15) is 21.7 Å². The molecule has 0 fully saturated rings. The van der Waals surface area contributed by atoms with Crippen molar-refractivity contribution in [1.82, 2.24) is 14.8 Å². The van der Waals surface area contributed by atoms with Gasteiger partial charge in [-0.3, -0.25) is 4.79 Å². The Hall–Kier alpha value is -2.66. The minimum Gasteiger partial charge on any atom is -0.319 e. The predicted octanol–water partition coefficient (Wildman–Crippen LogP) is 3.79. The minimum absolute atomic E-state index is 0.282. The number of benzene rings is 1. The smallest absolute Gasteiger partial charge is 0.276 e. The lowest BCUT2D eigenvalue weighted by Crippen LogP contribution is -2.14. The quantitative estimate of drug-likeness (QED) is 0.745. The molecule has 2 aromatic heterocycles. The second-order valence-corrected chi connectivity index (χ2v) is 5.58. The molecule has 0 aliphatic rings. The van der Waals surface area contributed by atoms with Gasteiger partial charge in [0.15, 0.2) is 5.69 Å². The Morgan fingerprint density at radius 3 is 2.61 bits per heavy atom. The van der Waals surface area contributed by atoms with E-state index in [1.165, 1.54) is 6.20 Å². The Balaban J connectivity index is 1.86. The highest BCUT2D eigenvalue weighted by molar-refractivity contribution is 6.29. The van der Waals surface area contributed by atoms with Crippen LogP contribution in [0.15, 0.2) is 48.7 Å². The Kier molecular flexibility index (Phi) is 4.12. The van der Waals surface area contributed by atoms with Crippen LogP contribution in [0.25, 0.3) is 5.69 Å². The molecule has 3 rings (SSSR count). The van der Waals surface area contributed by atoms with Crippen molar-refractivity contribution in [2.45, 2.75) is 13.8 Å². The summed E-state index contributed by atoms with van der Waals surface area (Å²) in [5.41, 5.74) is 3.60. The molecular formula is C17H15ClN4O. The summed E-state index contributed by atoms with van der Waals surface area (Å²) in [5.74, 6) is -0.282. The standard InChI is InChI=1S/C17H15ClN4O/c1-11-8-16(18)19-10-15(11)20-17(23)14-9-12(2)22(21-14)13-6-4-3-5-7-13/h3-10H,1-2H3,(H,20,23). The predicted molar refractivity (Wildman–Crippen MR) is 90.2 cm³/mol. The number of para-hydroxylation sites is 1. The first-order chi connectivity index (χ1) is 11.0. The molecule has 0 atom stereocenters. The van der Waals surface area contributed by atoms with E-state index in [9.17, 15) is 4.79 Å².